The van der Waals surface area contributed by atoms with Gasteiger partial charge in [0, 0.05) is 11.6 Å². The first-order chi connectivity index (χ1) is 8.56. The van der Waals surface area contributed by atoms with Crippen LogP contribution in [0.3, 0.4) is 0 Å². The highest BCUT2D eigenvalue weighted by Crippen LogP contribution is 2.37. The van der Waals surface area contributed by atoms with Crippen molar-refractivity contribution in [3.05, 3.63) is 17.7 Å². The number of aliphatic imine (C=N–C) groups is 1. The molecule has 0 fully saturated rings. The first-order valence-electron chi connectivity index (χ1n) is 5.17. The number of aliphatic carboxylic acids is 1. The van der Waals surface area contributed by atoms with E-state index in [9.17, 15) is 9.59 Å². The molecule has 0 aliphatic carbocycles. The number of carbonyl (C=O) groups is 2. The zero-order chi connectivity index (χ0) is 13.3. The average molecular weight is 249 g/mol. The number of benzene rings is 1. The molecule has 0 spiro atoms. The van der Waals surface area contributed by atoms with Gasteiger partial charge in [0.2, 0.25) is 0 Å². The summed E-state index contributed by atoms with van der Waals surface area (Å²) in [5.41, 5.74) is 0.471. The van der Waals surface area contributed by atoms with E-state index in [1.165, 1.54) is 26.4 Å². The summed E-state index contributed by atoms with van der Waals surface area (Å²) in [5.74, 6) is -0.667. The number of carboxylic acid groups (broad SMARTS) is 1. The fourth-order valence-corrected chi connectivity index (χ4v) is 1.74. The Hall–Kier alpha value is -2.37. The van der Waals surface area contributed by atoms with Crippen LogP contribution < -0.4 is 9.47 Å². The van der Waals surface area contributed by atoms with E-state index in [4.69, 9.17) is 14.6 Å². The number of carboxylic acids is 1. The second-order valence-corrected chi connectivity index (χ2v) is 3.69. The first-order valence-corrected chi connectivity index (χ1v) is 5.17. The van der Waals surface area contributed by atoms with Gasteiger partial charge in [-0.3, -0.25) is 4.79 Å². The second kappa shape index (κ2) is 4.48. The predicted molar refractivity (Wildman–Crippen MR) is 63.2 cm³/mol. The van der Waals surface area contributed by atoms with E-state index in [0.717, 1.165) is 0 Å². The van der Waals surface area contributed by atoms with Crippen LogP contribution in [0.25, 0.3) is 0 Å². The summed E-state index contributed by atoms with van der Waals surface area (Å²) in [7, 11) is 2.92. The van der Waals surface area contributed by atoms with Crippen molar-refractivity contribution >= 4 is 23.2 Å². The van der Waals surface area contributed by atoms with E-state index < -0.39 is 5.97 Å². The number of methoxy groups -OCH3 is 2. The highest BCUT2D eigenvalue weighted by Gasteiger charge is 2.25. The van der Waals surface area contributed by atoms with Crippen molar-refractivity contribution in [3.8, 4) is 11.5 Å². The van der Waals surface area contributed by atoms with Crippen molar-refractivity contribution in [2.45, 2.75) is 6.42 Å². The van der Waals surface area contributed by atoms with Crippen molar-refractivity contribution in [3.63, 3.8) is 0 Å². The fraction of sp³-hybridized carbons (Fsp3) is 0.250. The molecule has 1 aliphatic rings. The zero-order valence-electron chi connectivity index (χ0n) is 9.89. The Morgan fingerprint density at radius 1 is 1.28 bits per heavy atom. The van der Waals surface area contributed by atoms with Gasteiger partial charge in [-0.2, -0.15) is 0 Å². The molecule has 1 heterocycles. The quantitative estimate of drug-likeness (QED) is 0.876. The molecule has 1 aromatic carbocycles. The molecule has 2 rings (SSSR count). The van der Waals surface area contributed by atoms with Crippen molar-refractivity contribution in [2.75, 3.05) is 14.2 Å². The molecule has 0 saturated carbocycles. The second-order valence-electron chi connectivity index (χ2n) is 3.69. The highest BCUT2D eigenvalue weighted by molar-refractivity contribution is 6.42. The standard InChI is InChI=1S/C12H11NO5/c1-17-10-3-6-7(5-11(10)18-2)13-8(12(15)16)4-9(6)14/h3,5H,4H2,1-2H3,(H,15,16). The van der Waals surface area contributed by atoms with Crippen LogP contribution in [0.1, 0.15) is 16.8 Å². The maximum atomic E-state index is 11.8. The summed E-state index contributed by atoms with van der Waals surface area (Å²) in [6, 6.07) is 3.01. The van der Waals surface area contributed by atoms with Crippen LogP contribution in [-0.2, 0) is 4.79 Å². The number of ether oxygens (including phenoxy) is 2. The summed E-state index contributed by atoms with van der Waals surface area (Å²) < 4.78 is 10.2. The SMILES string of the molecule is COc1cc2c(cc1OC)C(=O)CC(C(=O)O)=N2. The molecule has 0 unspecified atom stereocenters. The predicted octanol–water partition coefficient (Wildman–Crippen LogP) is 1.45. The summed E-state index contributed by atoms with van der Waals surface area (Å²) in [4.78, 5) is 26.6. The van der Waals surface area contributed by atoms with Gasteiger partial charge in [0.15, 0.2) is 17.3 Å². The van der Waals surface area contributed by atoms with Gasteiger partial charge < -0.3 is 14.6 Å². The van der Waals surface area contributed by atoms with Gasteiger partial charge in [-0.05, 0) is 6.07 Å². The lowest BCUT2D eigenvalue weighted by Gasteiger charge is -2.15. The Kier molecular flexibility index (Phi) is 3.01. The molecular weight excluding hydrogens is 238 g/mol. The van der Waals surface area contributed by atoms with Crippen molar-refractivity contribution in [1.29, 1.82) is 0 Å². The molecular formula is C12H11NO5. The third kappa shape index (κ3) is 1.92. The van der Waals surface area contributed by atoms with Gasteiger partial charge in [-0.15, -0.1) is 0 Å². The molecule has 18 heavy (non-hydrogen) atoms. The largest absolute Gasteiger partial charge is 0.493 e. The molecule has 1 N–H and O–H groups in total. The molecule has 0 amide bonds. The van der Waals surface area contributed by atoms with Crippen LogP contribution >= 0.6 is 0 Å². The number of hydrogen-bond acceptors (Lipinski definition) is 5. The maximum Gasteiger partial charge on any atom is 0.350 e. The monoisotopic (exact) mass is 249 g/mol. The Morgan fingerprint density at radius 3 is 2.44 bits per heavy atom. The van der Waals surface area contributed by atoms with Crippen molar-refractivity contribution in [1.82, 2.24) is 0 Å². The number of hydrogen-bond donors (Lipinski definition) is 1. The Morgan fingerprint density at radius 2 is 1.89 bits per heavy atom. The van der Waals surface area contributed by atoms with E-state index in [-0.39, 0.29) is 17.9 Å². The zero-order valence-corrected chi connectivity index (χ0v) is 9.89. The normalized spacial score (nSPS) is 13.7. The minimum Gasteiger partial charge on any atom is -0.493 e. The van der Waals surface area contributed by atoms with E-state index >= 15 is 0 Å². The molecule has 6 heteroatoms. The lowest BCUT2D eigenvalue weighted by molar-refractivity contribution is -0.129. The van der Waals surface area contributed by atoms with Gasteiger partial charge in [-0.1, -0.05) is 0 Å². The van der Waals surface area contributed by atoms with Crippen LogP contribution in [0.15, 0.2) is 17.1 Å². The van der Waals surface area contributed by atoms with Gasteiger partial charge >= 0.3 is 5.97 Å². The van der Waals surface area contributed by atoms with Crippen molar-refractivity contribution in [2.24, 2.45) is 4.99 Å². The average Bonchev–Trinajstić information content (AvgIpc) is 2.36. The topological polar surface area (TPSA) is 85.2 Å². The van der Waals surface area contributed by atoms with Crippen molar-refractivity contribution < 1.29 is 24.2 Å². The number of rotatable bonds is 3. The molecule has 0 atom stereocenters. The number of carbonyl (C=O) groups excluding carboxylic acids is 1. The number of nitrogens with zero attached hydrogens (tertiary/aromatic N) is 1. The molecule has 1 aliphatic heterocycles. The van der Waals surface area contributed by atoms with E-state index in [1.807, 2.05) is 0 Å². The minimum absolute atomic E-state index is 0.167. The molecule has 0 bridgehead atoms. The molecule has 0 saturated heterocycles. The molecule has 0 aromatic heterocycles. The first kappa shape index (κ1) is 12.1. The van der Waals surface area contributed by atoms with Crippen LogP contribution in [0.5, 0.6) is 11.5 Å². The summed E-state index contributed by atoms with van der Waals surface area (Å²) in [5, 5.41) is 8.87. The molecule has 0 radical (unpaired) electrons. The maximum absolute atomic E-state index is 11.8. The minimum atomic E-state index is -1.19. The summed E-state index contributed by atoms with van der Waals surface area (Å²) in [6.45, 7) is 0. The number of Topliss-reactive ketones (excluding diaryl/α,β-unsaturated/α-hetero) is 1. The Labute approximate surface area is 103 Å². The van der Waals surface area contributed by atoms with Gasteiger partial charge in [0.1, 0.15) is 5.71 Å². The van der Waals surface area contributed by atoms with Gasteiger partial charge in [0.05, 0.1) is 26.3 Å². The van der Waals surface area contributed by atoms with Gasteiger partial charge in [-0.25, -0.2) is 9.79 Å². The van der Waals surface area contributed by atoms with Crippen LogP contribution in [0, 0.1) is 0 Å². The van der Waals surface area contributed by atoms with Crippen LogP contribution in [0.2, 0.25) is 0 Å². The Balaban J connectivity index is 2.60. The smallest absolute Gasteiger partial charge is 0.350 e. The lowest BCUT2D eigenvalue weighted by atomic mass is 9.99. The molecule has 94 valence electrons. The van der Waals surface area contributed by atoms with E-state index in [1.54, 1.807) is 0 Å². The highest BCUT2D eigenvalue weighted by atomic mass is 16.5. The Bertz CT molecular complexity index is 562. The number of fused-ring (bicyclic) bond motifs is 1. The third-order valence-electron chi connectivity index (χ3n) is 2.63. The number of ketones is 1. The lowest BCUT2D eigenvalue weighted by Crippen LogP contribution is -2.21. The van der Waals surface area contributed by atoms with Crippen LogP contribution in [-0.4, -0.2) is 36.8 Å². The van der Waals surface area contributed by atoms with Crippen LogP contribution in [0.4, 0.5) is 5.69 Å². The summed E-state index contributed by atoms with van der Waals surface area (Å²) in [6.07, 6.45) is -0.210. The van der Waals surface area contributed by atoms with Gasteiger partial charge in [0.25, 0.3) is 0 Å². The third-order valence-corrected chi connectivity index (χ3v) is 2.63. The molecule has 1 aromatic rings. The summed E-state index contributed by atoms with van der Waals surface area (Å²) >= 11 is 0. The molecule has 6 nitrogen and oxygen atoms in total. The van der Waals surface area contributed by atoms with E-state index in [2.05, 4.69) is 4.99 Å². The fourth-order valence-electron chi connectivity index (χ4n) is 1.74. The van der Waals surface area contributed by atoms with E-state index in [0.29, 0.717) is 22.7 Å².